The fourth-order valence-corrected chi connectivity index (χ4v) is 3.63. The van der Waals surface area contributed by atoms with Crippen molar-refractivity contribution in [2.45, 2.75) is 25.7 Å². The van der Waals surface area contributed by atoms with Crippen LogP contribution in [0.5, 0.6) is 0 Å². The zero-order chi connectivity index (χ0) is 20.5. The van der Waals surface area contributed by atoms with Gasteiger partial charge in [0.2, 0.25) is 0 Å². The Hall–Kier alpha value is -3.36. The Morgan fingerprint density at radius 2 is 1.83 bits per heavy atom. The second-order valence-electron chi connectivity index (χ2n) is 7.09. The Balaban J connectivity index is 1.53. The number of nitrogens with zero attached hydrogens (tertiary/aromatic N) is 3. The van der Waals surface area contributed by atoms with Crippen LogP contribution >= 0.6 is 0 Å². The number of amides is 1. The molecule has 2 aromatic heterocycles. The van der Waals surface area contributed by atoms with Gasteiger partial charge in [-0.15, -0.1) is 0 Å². The van der Waals surface area contributed by atoms with Crippen molar-refractivity contribution >= 4 is 5.91 Å². The number of hydrogen-bond donors (Lipinski definition) is 1. The molecule has 0 bridgehead atoms. The van der Waals surface area contributed by atoms with E-state index in [1.54, 1.807) is 17.9 Å². The molecule has 29 heavy (non-hydrogen) atoms. The molecule has 1 aliphatic rings. The molecule has 0 radical (unpaired) electrons. The van der Waals surface area contributed by atoms with Crippen molar-refractivity contribution in [3.05, 3.63) is 69.3 Å². The van der Waals surface area contributed by atoms with Gasteiger partial charge in [-0.1, -0.05) is 5.16 Å². The molecule has 1 amide bonds. The lowest BCUT2D eigenvalue weighted by Crippen LogP contribution is -2.38. The number of aryl methyl sites for hydroxylation is 1. The minimum atomic E-state index is -0.785. The van der Waals surface area contributed by atoms with Crippen molar-refractivity contribution in [1.82, 2.24) is 20.3 Å². The largest absolute Gasteiger partial charge is 0.356 e. The zero-order valence-corrected chi connectivity index (χ0v) is 15.6. The summed E-state index contributed by atoms with van der Waals surface area (Å²) in [4.78, 5) is 25.9. The number of H-pyrrole nitrogens is 1. The van der Waals surface area contributed by atoms with Gasteiger partial charge in [-0.25, -0.2) is 13.9 Å². The van der Waals surface area contributed by atoms with Crippen LogP contribution in [0.2, 0.25) is 0 Å². The quantitative estimate of drug-likeness (QED) is 0.730. The molecule has 1 N–H and O–H groups in total. The summed E-state index contributed by atoms with van der Waals surface area (Å²) in [5, 5.41) is 10.5. The first-order chi connectivity index (χ1) is 13.9. The van der Waals surface area contributed by atoms with E-state index in [1.165, 1.54) is 6.07 Å². The number of aromatic amines is 1. The Morgan fingerprint density at radius 3 is 2.45 bits per heavy atom. The minimum Gasteiger partial charge on any atom is -0.356 e. The fraction of sp³-hybridized carbons (Fsp3) is 0.300. The maximum absolute atomic E-state index is 13.4. The van der Waals surface area contributed by atoms with Gasteiger partial charge in [0, 0.05) is 48.3 Å². The second kappa shape index (κ2) is 7.57. The van der Waals surface area contributed by atoms with Gasteiger partial charge in [0.15, 0.2) is 5.76 Å². The topological polar surface area (TPSA) is 92.1 Å². The average molecular weight is 400 g/mol. The van der Waals surface area contributed by atoms with Gasteiger partial charge in [-0.3, -0.25) is 9.59 Å². The molecule has 9 heteroatoms. The maximum atomic E-state index is 13.4. The lowest BCUT2D eigenvalue weighted by Gasteiger charge is -2.32. The van der Waals surface area contributed by atoms with E-state index >= 15 is 0 Å². The first-order valence-electron chi connectivity index (χ1n) is 9.19. The van der Waals surface area contributed by atoms with Crippen LogP contribution in [0.1, 0.15) is 40.5 Å². The van der Waals surface area contributed by atoms with Crippen LogP contribution in [-0.2, 0) is 0 Å². The van der Waals surface area contributed by atoms with E-state index in [0.29, 0.717) is 48.6 Å². The number of nitrogens with one attached hydrogen (secondary N) is 1. The monoisotopic (exact) mass is 400 g/mol. The summed E-state index contributed by atoms with van der Waals surface area (Å²) in [6.07, 6.45) is 1.17. The summed E-state index contributed by atoms with van der Waals surface area (Å²) in [5.41, 5.74) is 1.57. The van der Waals surface area contributed by atoms with E-state index in [0.717, 1.165) is 18.2 Å². The molecule has 4 rings (SSSR count). The summed E-state index contributed by atoms with van der Waals surface area (Å²) in [5.74, 6) is -1.53. The summed E-state index contributed by atoms with van der Waals surface area (Å²) in [7, 11) is 0. The van der Waals surface area contributed by atoms with Crippen molar-refractivity contribution in [2.75, 3.05) is 13.1 Å². The van der Waals surface area contributed by atoms with Gasteiger partial charge in [0.05, 0.1) is 11.4 Å². The zero-order valence-electron chi connectivity index (χ0n) is 15.6. The number of carbonyl (C=O) groups excluding carboxylic acids is 1. The van der Waals surface area contributed by atoms with E-state index in [2.05, 4.69) is 15.4 Å². The molecule has 7 nitrogen and oxygen atoms in total. The van der Waals surface area contributed by atoms with Crippen LogP contribution in [0, 0.1) is 18.6 Å². The predicted octanol–water partition coefficient (Wildman–Crippen LogP) is 3.03. The van der Waals surface area contributed by atoms with Crippen LogP contribution in [0.3, 0.4) is 0 Å². The highest BCUT2D eigenvalue weighted by atomic mass is 19.1. The summed E-state index contributed by atoms with van der Waals surface area (Å²) >= 11 is 0. The van der Waals surface area contributed by atoms with Gasteiger partial charge >= 0.3 is 0 Å². The summed E-state index contributed by atoms with van der Waals surface area (Å²) < 4.78 is 32.1. The van der Waals surface area contributed by atoms with Crippen LogP contribution < -0.4 is 5.56 Å². The Labute approximate surface area is 164 Å². The standard InChI is InChI=1S/C20H18F2N4O3/c1-11-6-17(29-25-11)16-10-18(27)23-24-19(16)12-2-4-26(5-3-12)20(28)13-7-14(21)9-15(22)8-13/h6-10,12H,2-5H2,1H3,(H,23,27). The molecule has 0 atom stereocenters. The van der Waals surface area contributed by atoms with Crippen molar-refractivity contribution in [3.63, 3.8) is 0 Å². The predicted molar refractivity (Wildman–Crippen MR) is 99.3 cm³/mol. The van der Waals surface area contributed by atoms with Crippen molar-refractivity contribution in [3.8, 4) is 11.3 Å². The van der Waals surface area contributed by atoms with Crippen LogP contribution in [-0.4, -0.2) is 39.3 Å². The molecule has 1 aromatic carbocycles. The van der Waals surface area contributed by atoms with Crippen LogP contribution in [0.15, 0.2) is 39.6 Å². The molecule has 0 unspecified atom stereocenters. The molecule has 1 aliphatic heterocycles. The number of benzene rings is 1. The Morgan fingerprint density at radius 1 is 1.14 bits per heavy atom. The van der Waals surface area contributed by atoms with Gasteiger partial charge in [-0.05, 0) is 31.9 Å². The molecule has 1 saturated heterocycles. The molecule has 150 valence electrons. The normalized spacial score (nSPS) is 14.9. The van der Waals surface area contributed by atoms with Crippen LogP contribution in [0.4, 0.5) is 8.78 Å². The summed E-state index contributed by atoms with van der Waals surface area (Å²) in [6, 6.07) is 5.96. The van der Waals surface area contributed by atoms with E-state index in [9.17, 15) is 18.4 Å². The van der Waals surface area contributed by atoms with Crippen molar-refractivity contribution in [1.29, 1.82) is 0 Å². The molecule has 1 fully saturated rings. The second-order valence-corrected chi connectivity index (χ2v) is 7.09. The van der Waals surface area contributed by atoms with Gasteiger partial charge in [0.1, 0.15) is 11.6 Å². The Kier molecular flexibility index (Phi) is 4.96. The minimum absolute atomic E-state index is 0.0130. The molecule has 0 saturated carbocycles. The maximum Gasteiger partial charge on any atom is 0.264 e. The van der Waals surface area contributed by atoms with E-state index in [-0.39, 0.29) is 17.0 Å². The van der Waals surface area contributed by atoms with Crippen molar-refractivity contribution in [2.24, 2.45) is 0 Å². The highest BCUT2D eigenvalue weighted by Gasteiger charge is 2.28. The lowest BCUT2D eigenvalue weighted by atomic mass is 9.90. The molecular formula is C20H18F2N4O3. The van der Waals surface area contributed by atoms with Crippen LogP contribution in [0.25, 0.3) is 11.3 Å². The fourth-order valence-electron chi connectivity index (χ4n) is 3.63. The first kappa shape index (κ1) is 19.0. The molecule has 3 heterocycles. The van der Waals surface area contributed by atoms with Gasteiger partial charge < -0.3 is 9.42 Å². The highest BCUT2D eigenvalue weighted by Crippen LogP contribution is 2.33. The molecular weight excluding hydrogens is 382 g/mol. The third-order valence-electron chi connectivity index (χ3n) is 5.01. The Bertz CT molecular complexity index is 1100. The number of likely N-dealkylation sites (tertiary alicyclic amines) is 1. The third kappa shape index (κ3) is 3.94. The number of piperidine rings is 1. The number of hydrogen-bond acceptors (Lipinski definition) is 5. The third-order valence-corrected chi connectivity index (χ3v) is 5.01. The first-order valence-corrected chi connectivity index (χ1v) is 9.19. The highest BCUT2D eigenvalue weighted by molar-refractivity contribution is 5.94. The average Bonchev–Trinajstić information content (AvgIpc) is 3.13. The SMILES string of the molecule is Cc1cc(-c2cc(=O)[nH]nc2C2CCN(C(=O)c3cc(F)cc(F)c3)CC2)on1. The number of halogens is 2. The van der Waals surface area contributed by atoms with Gasteiger partial charge in [0.25, 0.3) is 11.5 Å². The smallest absolute Gasteiger partial charge is 0.264 e. The molecule has 3 aromatic rings. The number of aromatic nitrogens is 3. The van der Waals surface area contributed by atoms with E-state index < -0.39 is 17.5 Å². The van der Waals surface area contributed by atoms with Crippen molar-refractivity contribution < 1.29 is 18.1 Å². The van der Waals surface area contributed by atoms with E-state index in [4.69, 9.17) is 4.52 Å². The molecule has 0 spiro atoms. The van der Waals surface area contributed by atoms with Gasteiger partial charge in [-0.2, -0.15) is 5.10 Å². The number of rotatable bonds is 3. The summed E-state index contributed by atoms with van der Waals surface area (Å²) in [6.45, 7) is 2.58. The molecule has 0 aliphatic carbocycles. The lowest BCUT2D eigenvalue weighted by molar-refractivity contribution is 0.0711. The number of carbonyl (C=O) groups is 1. The van der Waals surface area contributed by atoms with E-state index in [1.807, 2.05) is 0 Å².